The molecule has 1 heterocycles. The van der Waals surface area contributed by atoms with Gasteiger partial charge in [-0.2, -0.15) is 0 Å². The minimum absolute atomic E-state index is 0.00247. The van der Waals surface area contributed by atoms with Crippen molar-refractivity contribution < 1.29 is 9.90 Å². The van der Waals surface area contributed by atoms with Crippen molar-refractivity contribution in [3.8, 4) is 0 Å². The van der Waals surface area contributed by atoms with E-state index in [1.165, 1.54) is 6.08 Å². The van der Waals surface area contributed by atoms with Crippen LogP contribution < -0.4 is 0 Å². The van der Waals surface area contributed by atoms with Gasteiger partial charge in [0.25, 0.3) is 0 Å². The third-order valence-electron chi connectivity index (χ3n) is 2.72. The number of carboxylic acids is 1. The molecule has 0 unspecified atom stereocenters. The summed E-state index contributed by atoms with van der Waals surface area (Å²) in [5.74, 6) is -0.421. The molecule has 2 N–H and O–H groups in total. The van der Waals surface area contributed by atoms with Gasteiger partial charge in [0.05, 0.1) is 11.0 Å². The maximum atomic E-state index is 10.5. The van der Waals surface area contributed by atoms with Crippen LogP contribution in [0.25, 0.3) is 17.1 Å². The third kappa shape index (κ3) is 2.42. The minimum atomic E-state index is -0.980. The highest BCUT2D eigenvalue weighted by Gasteiger charge is 2.18. The summed E-state index contributed by atoms with van der Waals surface area (Å²) in [6, 6.07) is 5.97. The van der Waals surface area contributed by atoms with Crippen molar-refractivity contribution in [2.24, 2.45) is 0 Å². The number of fused-ring (bicyclic) bond motifs is 1. The molecule has 0 radical (unpaired) electrons. The lowest BCUT2D eigenvalue weighted by Crippen LogP contribution is -2.11. The molecule has 1 aromatic carbocycles. The second-order valence-electron chi connectivity index (χ2n) is 5.25. The molecule has 0 spiro atoms. The van der Waals surface area contributed by atoms with E-state index < -0.39 is 5.97 Å². The second kappa shape index (κ2) is 4.29. The number of aromatic nitrogens is 2. The number of nitrogens with zero attached hydrogens (tertiary/aromatic N) is 1. The maximum Gasteiger partial charge on any atom is 0.328 e. The van der Waals surface area contributed by atoms with Crippen molar-refractivity contribution in [1.82, 2.24) is 9.97 Å². The van der Waals surface area contributed by atoms with E-state index in [2.05, 4.69) is 30.7 Å². The number of hydrogen-bond acceptors (Lipinski definition) is 2. The van der Waals surface area contributed by atoms with Crippen molar-refractivity contribution in [2.75, 3.05) is 0 Å². The van der Waals surface area contributed by atoms with E-state index in [9.17, 15) is 4.79 Å². The minimum Gasteiger partial charge on any atom is -0.478 e. The van der Waals surface area contributed by atoms with Gasteiger partial charge in [-0.15, -0.1) is 0 Å². The number of imidazole rings is 1. The van der Waals surface area contributed by atoms with Gasteiger partial charge in [-0.1, -0.05) is 32.9 Å². The smallest absolute Gasteiger partial charge is 0.328 e. The first-order valence-electron chi connectivity index (χ1n) is 5.78. The molecule has 0 bridgehead atoms. The Morgan fingerprint density at radius 2 is 2.11 bits per heavy atom. The Balaban J connectivity index is 2.55. The molecule has 0 atom stereocenters. The van der Waals surface area contributed by atoms with Gasteiger partial charge in [-0.05, 0) is 23.1 Å². The van der Waals surface area contributed by atoms with Crippen molar-refractivity contribution in [3.63, 3.8) is 0 Å². The highest BCUT2D eigenvalue weighted by atomic mass is 16.4. The van der Waals surface area contributed by atoms with Gasteiger partial charge in [0.2, 0.25) is 0 Å². The number of para-hydroxylation sites is 1. The van der Waals surface area contributed by atoms with Gasteiger partial charge >= 0.3 is 5.97 Å². The molecule has 4 nitrogen and oxygen atoms in total. The molecule has 0 saturated carbocycles. The molecule has 2 rings (SSSR count). The summed E-state index contributed by atoms with van der Waals surface area (Å²) in [6.45, 7) is 6.38. The molecule has 0 saturated heterocycles. The van der Waals surface area contributed by atoms with Crippen molar-refractivity contribution in [3.05, 3.63) is 35.7 Å². The van der Waals surface area contributed by atoms with Crippen molar-refractivity contribution in [1.29, 1.82) is 0 Å². The van der Waals surface area contributed by atoms with E-state index in [0.717, 1.165) is 22.7 Å². The molecule has 0 fully saturated rings. The molecule has 94 valence electrons. The van der Waals surface area contributed by atoms with E-state index in [1.54, 1.807) is 0 Å². The molecule has 1 aromatic heterocycles. The standard InChI is InChI=1S/C14H16N2O2/c1-14(2,3)9-5-4-6-10-13(9)16-11(15-10)7-8-12(17)18/h4-8H,1-3H3,(H,15,16)(H,17,18)/b8-7+. The first-order chi connectivity index (χ1) is 8.38. The lowest BCUT2D eigenvalue weighted by Gasteiger charge is -2.19. The third-order valence-corrected chi connectivity index (χ3v) is 2.72. The van der Waals surface area contributed by atoms with Crippen LogP contribution in [0.15, 0.2) is 24.3 Å². The fraction of sp³-hybridized carbons (Fsp3) is 0.286. The van der Waals surface area contributed by atoms with Crippen LogP contribution in [0, 0.1) is 0 Å². The van der Waals surface area contributed by atoms with Crippen LogP contribution in [0.3, 0.4) is 0 Å². The molecule has 2 aromatic rings. The highest BCUT2D eigenvalue weighted by molar-refractivity contribution is 5.86. The van der Waals surface area contributed by atoms with Crippen LogP contribution in [0.4, 0.5) is 0 Å². The molecule has 0 aliphatic carbocycles. The van der Waals surface area contributed by atoms with E-state index in [4.69, 9.17) is 5.11 Å². The van der Waals surface area contributed by atoms with Gasteiger partial charge in [0, 0.05) is 6.08 Å². The number of carbonyl (C=O) groups is 1. The Morgan fingerprint density at radius 3 is 2.72 bits per heavy atom. The van der Waals surface area contributed by atoms with Crippen LogP contribution in [0.1, 0.15) is 32.2 Å². The molecule has 18 heavy (non-hydrogen) atoms. The van der Waals surface area contributed by atoms with Crippen LogP contribution in [0.2, 0.25) is 0 Å². The summed E-state index contributed by atoms with van der Waals surface area (Å²) in [7, 11) is 0. The van der Waals surface area contributed by atoms with Crippen LogP contribution in [-0.2, 0) is 10.2 Å². The molecular formula is C14H16N2O2. The number of hydrogen-bond donors (Lipinski definition) is 2. The number of aromatic amines is 1. The zero-order valence-electron chi connectivity index (χ0n) is 10.7. The average Bonchev–Trinajstić information content (AvgIpc) is 2.66. The lowest BCUT2D eigenvalue weighted by atomic mass is 9.86. The Hall–Kier alpha value is -2.10. The fourth-order valence-corrected chi connectivity index (χ4v) is 1.89. The Bertz CT molecular complexity index is 618. The maximum absolute atomic E-state index is 10.5. The molecule has 0 aliphatic heterocycles. The number of carboxylic acid groups (broad SMARTS) is 1. The predicted molar refractivity (Wildman–Crippen MR) is 71.5 cm³/mol. The second-order valence-corrected chi connectivity index (χ2v) is 5.25. The first kappa shape index (κ1) is 12.4. The molecule has 0 aliphatic rings. The molecule has 0 amide bonds. The monoisotopic (exact) mass is 244 g/mol. The van der Waals surface area contributed by atoms with Gasteiger partial charge < -0.3 is 10.1 Å². The lowest BCUT2D eigenvalue weighted by molar-refractivity contribution is -0.131. The van der Waals surface area contributed by atoms with Gasteiger partial charge in [-0.3, -0.25) is 0 Å². The van der Waals surface area contributed by atoms with Gasteiger partial charge in [-0.25, -0.2) is 9.78 Å². The first-order valence-corrected chi connectivity index (χ1v) is 5.78. The fourth-order valence-electron chi connectivity index (χ4n) is 1.89. The summed E-state index contributed by atoms with van der Waals surface area (Å²) in [4.78, 5) is 18.0. The summed E-state index contributed by atoms with van der Waals surface area (Å²) in [5.41, 5.74) is 2.97. The zero-order valence-corrected chi connectivity index (χ0v) is 10.7. The van der Waals surface area contributed by atoms with Crippen LogP contribution >= 0.6 is 0 Å². The predicted octanol–water partition coefficient (Wildman–Crippen LogP) is 2.96. The SMILES string of the molecule is CC(C)(C)c1cccc2[nH]c(/C=C/C(=O)O)nc12. The average molecular weight is 244 g/mol. The number of aliphatic carboxylic acids is 1. The number of benzene rings is 1. The number of rotatable bonds is 2. The van der Waals surface area contributed by atoms with E-state index in [1.807, 2.05) is 18.2 Å². The van der Waals surface area contributed by atoms with Crippen molar-refractivity contribution in [2.45, 2.75) is 26.2 Å². The summed E-state index contributed by atoms with van der Waals surface area (Å²) >= 11 is 0. The largest absolute Gasteiger partial charge is 0.478 e. The Labute approximate surface area is 105 Å². The zero-order chi connectivity index (χ0) is 13.3. The Morgan fingerprint density at radius 1 is 1.39 bits per heavy atom. The molecule has 4 heteroatoms. The Kier molecular flexibility index (Phi) is 2.95. The van der Waals surface area contributed by atoms with Crippen molar-refractivity contribution >= 4 is 23.1 Å². The van der Waals surface area contributed by atoms with Gasteiger partial charge in [0.15, 0.2) is 0 Å². The quantitative estimate of drug-likeness (QED) is 0.798. The van der Waals surface area contributed by atoms with Crippen LogP contribution in [0.5, 0.6) is 0 Å². The van der Waals surface area contributed by atoms with E-state index in [0.29, 0.717) is 5.82 Å². The number of nitrogens with one attached hydrogen (secondary N) is 1. The highest BCUT2D eigenvalue weighted by Crippen LogP contribution is 2.28. The number of H-pyrrole nitrogens is 1. The topological polar surface area (TPSA) is 66.0 Å². The normalized spacial score (nSPS) is 12.4. The summed E-state index contributed by atoms with van der Waals surface area (Å²) in [6.07, 6.45) is 2.54. The summed E-state index contributed by atoms with van der Waals surface area (Å²) in [5, 5.41) is 8.61. The van der Waals surface area contributed by atoms with E-state index in [-0.39, 0.29) is 5.41 Å². The summed E-state index contributed by atoms with van der Waals surface area (Å²) < 4.78 is 0. The van der Waals surface area contributed by atoms with Gasteiger partial charge in [0.1, 0.15) is 5.82 Å². The van der Waals surface area contributed by atoms with Crippen LogP contribution in [-0.4, -0.2) is 21.0 Å². The van der Waals surface area contributed by atoms with E-state index >= 15 is 0 Å². The molecular weight excluding hydrogens is 228 g/mol.